The lowest BCUT2D eigenvalue weighted by Gasteiger charge is -2.35. The Kier molecular flexibility index (Phi) is 5.80. The standard InChI is InChI=1S/C21H23ClN4OS/c1-25-10-12-26(13-11-25)18-7-6-15(22)14-17(18)23-20(27)8-9-21-24-16-4-2-3-5-19(16)28-21/h2-7,14H,8-13H2,1H3,(H,23,27). The van der Waals surface area contributed by atoms with Crippen molar-refractivity contribution in [1.29, 1.82) is 0 Å². The summed E-state index contributed by atoms with van der Waals surface area (Å²) in [5.74, 6) is -0.0168. The van der Waals surface area contributed by atoms with Crippen LogP contribution in [0.4, 0.5) is 11.4 Å². The molecule has 2 heterocycles. The molecule has 1 aliphatic rings. The van der Waals surface area contributed by atoms with Crippen molar-refractivity contribution in [3.05, 3.63) is 52.5 Å². The summed E-state index contributed by atoms with van der Waals surface area (Å²) in [5, 5.41) is 4.67. The predicted octanol–water partition coefficient (Wildman–Crippen LogP) is 4.27. The number of nitrogens with zero attached hydrogens (tertiary/aromatic N) is 3. The van der Waals surface area contributed by atoms with Crippen LogP contribution in [0.2, 0.25) is 5.02 Å². The minimum absolute atomic E-state index is 0.0168. The first-order chi connectivity index (χ1) is 13.6. The average molecular weight is 415 g/mol. The van der Waals surface area contributed by atoms with Crippen LogP contribution in [0.3, 0.4) is 0 Å². The molecule has 1 N–H and O–H groups in total. The van der Waals surface area contributed by atoms with Crippen LogP contribution in [0.1, 0.15) is 11.4 Å². The maximum absolute atomic E-state index is 12.6. The number of thiazole rings is 1. The lowest BCUT2D eigenvalue weighted by molar-refractivity contribution is -0.116. The van der Waals surface area contributed by atoms with Gasteiger partial charge in [0.25, 0.3) is 0 Å². The number of aryl methyl sites for hydroxylation is 1. The quantitative estimate of drug-likeness (QED) is 0.677. The molecule has 5 nitrogen and oxygen atoms in total. The fraction of sp³-hybridized carbons (Fsp3) is 0.333. The third kappa shape index (κ3) is 4.46. The largest absolute Gasteiger partial charge is 0.367 e. The number of carbonyl (C=O) groups is 1. The Morgan fingerprint density at radius 1 is 1.18 bits per heavy atom. The fourth-order valence-corrected chi connectivity index (χ4v) is 4.53. The Morgan fingerprint density at radius 3 is 2.75 bits per heavy atom. The number of benzene rings is 2. The van der Waals surface area contributed by atoms with E-state index in [1.54, 1.807) is 11.3 Å². The molecule has 3 aromatic rings. The van der Waals surface area contributed by atoms with Gasteiger partial charge in [0.1, 0.15) is 0 Å². The number of likely N-dealkylation sites (N-methyl/N-ethyl adjacent to an activating group) is 1. The first-order valence-corrected chi connectivity index (χ1v) is 10.7. The van der Waals surface area contributed by atoms with Crippen LogP contribution >= 0.6 is 22.9 Å². The van der Waals surface area contributed by atoms with Gasteiger partial charge in [-0.15, -0.1) is 11.3 Å². The second-order valence-corrected chi connectivity index (χ2v) is 8.63. The molecule has 2 aromatic carbocycles. The summed E-state index contributed by atoms with van der Waals surface area (Å²) in [4.78, 5) is 21.8. The molecule has 0 spiro atoms. The second kappa shape index (κ2) is 8.47. The molecule has 0 unspecified atom stereocenters. The highest BCUT2D eigenvalue weighted by Crippen LogP contribution is 2.30. The zero-order valence-electron chi connectivity index (χ0n) is 15.8. The molecule has 0 bridgehead atoms. The molecule has 0 atom stereocenters. The summed E-state index contributed by atoms with van der Waals surface area (Å²) in [6, 6.07) is 13.8. The van der Waals surface area contributed by atoms with Crippen molar-refractivity contribution < 1.29 is 4.79 Å². The molecule has 0 saturated carbocycles. The Bertz CT molecular complexity index is 948. The number of hydrogen-bond acceptors (Lipinski definition) is 5. The van der Waals surface area contributed by atoms with Gasteiger partial charge in [-0.3, -0.25) is 4.79 Å². The van der Waals surface area contributed by atoms with Crippen molar-refractivity contribution in [3.63, 3.8) is 0 Å². The van der Waals surface area contributed by atoms with E-state index in [0.29, 0.717) is 17.9 Å². The topological polar surface area (TPSA) is 48.5 Å². The first-order valence-electron chi connectivity index (χ1n) is 9.46. The lowest BCUT2D eigenvalue weighted by Crippen LogP contribution is -2.44. The van der Waals surface area contributed by atoms with Crippen LogP contribution < -0.4 is 10.2 Å². The summed E-state index contributed by atoms with van der Waals surface area (Å²) in [7, 11) is 2.13. The highest BCUT2D eigenvalue weighted by Gasteiger charge is 2.18. The number of amides is 1. The smallest absolute Gasteiger partial charge is 0.224 e. The highest BCUT2D eigenvalue weighted by atomic mass is 35.5. The molecular weight excluding hydrogens is 392 g/mol. The zero-order chi connectivity index (χ0) is 19.5. The SMILES string of the molecule is CN1CCN(c2ccc(Cl)cc2NC(=O)CCc2nc3ccccc3s2)CC1. The van der Waals surface area contributed by atoms with Gasteiger partial charge in [0.2, 0.25) is 5.91 Å². The number of nitrogens with one attached hydrogen (secondary N) is 1. The number of fused-ring (bicyclic) bond motifs is 1. The van der Waals surface area contributed by atoms with Crippen LogP contribution in [0.5, 0.6) is 0 Å². The lowest BCUT2D eigenvalue weighted by atomic mass is 10.2. The normalized spacial score (nSPS) is 15.1. The molecule has 0 radical (unpaired) electrons. The van der Waals surface area contributed by atoms with Crippen molar-refractivity contribution in [1.82, 2.24) is 9.88 Å². The molecule has 28 heavy (non-hydrogen) atoms. The Morgan fingerprint density at radius 2 is 1.96 bits per heavy atom. The van der Waals surface area contributed by atoms with Crippen molar-refractivity contribution in [2.45, 2.75) is 12.8 Å². The molecule has 1 aliphatic heterocycles. The Balaban J connectivity index is 1.42. The van der Waals surface area contributed by atoms with E-state index in [-0.39, 0.29) is 5.91 Å². The average Bonchev–Trinajstić information content (AvgIpc) is 3.11. The van der Waals surface area contributed by atoms with E-state index in [0.717, 1.165) is 52.8 Å². The molecule has 4 rings (SSSR count). The molecule has 7 heteroatoms. The number of halogens is 1. The minimum atomic E-state index is -0.0168. The molecule has 1 aromatic heterocycles. The maximum Gasteiger partial charge on any atom is 0.224 e. The van der Waals surface area contributed by atoms with Gasteiger partial charge in [-0.05, 0) is 37.4 Å². The number of piperazine rings is 1. The van der Waals surface area contributed by atoms with Gasteiger partial charge in [0.05, 0.1) is 26.6 Å². The van der Waals surface area contributed by atoms with Crippen molar-refractivity contribution in [3.8, 4) is 0 Å². The summed E-state index contributed by atoms with van der Waals surface area (Å²) >= 11 is 7.84. The number of para-hydroxylation sites is 1. The van der Waals surface area contributed by atoms with Crippen LogP contribution in [0.25, 0.3) is 10.2 Å². The number of hydrogen-bond donors (Lipinski definition) is 1. The van der Waals surface area contributed by atoms with Crippen molar-refractivity contribution >= 4 is 50.4 Å². The maximum atomic E-state index is 12.6. The predicted molar refractivity (Wildman–Crippen MR) is 118 cm³/mol. The van der Waals surface area contributed by atoms with E-state index in [1.165, 1.54) is 0 Å². The number of rotatable bonds is 5. The third-order valence-corrected chi connectivity index (χ3v) is 6.31. The molecular formula is C21H23ClN4OS. The van der Waals surface area contributed by atoms with E-state index < -0.39 is 0 Å². The van der Waals surface area contributed by atoms with Gasteiger partial charge in [-0.25, -0.2) is 4.98 Å². The summed E-state index contributed by atoms with van der Waals surface area (Å²) in [6.45, 7) is 3.89. The van der Waals surface area contributed by atoms with Crippen LogP contribution in [-0.4, -0.2) is 49.0 Å². The van der Waals surface area contributed by atoms with Crippen molar-refractivity contribution in [2.24, 2.45) is 0 Å². The highest BCUT2D eigenvalue weighted by molar-refractivity contribution is 7.18. The Hall–Kier alpha value is -2.15. The van der Waals surface area contributed by atoms with Crippen LogP contribution in [0.15, 0.2) is 42.5 Å². The van der Waals surface area contributed by atoms with E-state index in [4.69, 9.17) is 11.6 Å². The first kappa shape index (κ1) is 19.2. The van der Waals surface area contributed by atoms with E-state index >= 15 is 0 Å². The Labute approximate surface area is 173 Å². The fourth-order valence-electron chi connectivity index (χ4n) is 3.39. The van der Waals surface area contributed by atoms with E-state index in [2.05, 4.69) is 33.2 Å². The van der Waals surface area contributed by atoms with E-state index in [1.807, 2.05) is 36.4 Å². The number of aromatic nitrogens is 1. The van der Waals surface area contributed by atoms with Gasteiger partial charge in [-0.2, -0.15) is 0 Å². The molecule has 1 amide bonds. The molecule has 0 aliphatic carbocycles. The van der Waals surface area contributed by atoms with Gasteiger partial charge in [0.15, 0.2) is 0 Å². The second-order valence-electron chi connectivity index (χ2n) is 7.08. The summed E-state index contributed by atoms with van der Waals surface area (Å²) < 4.78 is 1.16. The summed E-state index contributed by atoms with van der Waals surface area (Å²) in [5.41, 5.74) is 2.81. The van der Waals surface area contributed by atoms with Gasteiger partial charge in [0, 0.05) is 44.0 Å². The monoisotopic (exact) mass is 414 g/mol. The van der Waals surface area contributed by atoms with Gasteiger partial charge >= 0.3 is 0 Å². The minimum Gasteiger partial charge on any atom is -0.367 e. The van der Waals surface area contributed by atoms with Crippen molar-refractivity contribution in [2.75, 3.05) is 43.4 Å². The molecule has 1 saturated heterocycles. The van der Waals surface area contributed by atoms with Gasteiger partial charge in [-0.1, -0.05) is 23.7 Å². The zero-order valence-corrected chi connectivity index (χ0v) is 17.4. The van der Waals surface area contributed by atoms with Crippen LogP contribution in [-0.2, 0) is 11.2 Å². The molecule has 1 fully saturated rings. The van der Waals surface area contributed by atoms with Gasteiger partial charge < -0.3 is 15.1 Å². The summed E-state index contributed by atoms with van der Waals surface area (Å²) in [6.07, 6.45) is 1.03. The third-order valence-electron chi connectivity index (χ3n) is 4.98. The molecule has 146 valence electrons. The van der Waals surface area contributed by atoms with Crippen LogP contribution in [0, 0.1) is 0 Å². The number of carbonyl (C=O) groups excluding carboxylic acids is 1. The van der Waals surface area contributed by atoms with E-state index in [9.17, 15) is 4.79 Å². The number of anilines is 2.